The summed E-state index contributed by atoms with van der Waals surface area (Å²) in [4.78, 5) is 10.3. The number of alkyl halides is 2. The van der Waals surface area contributed by atoms with E-state index in [4.69, 9.17) is 5.11 Å². The molecular formula is C12H12F3NO5S. The molecule has 1 aromatic carbocycles. The Kier molecular flexibility index (Phi) is 4.61. The summed E-state index contributed by atoms with van der Waals surface area (Å²) < 4.78 is 67.7. The molecule has 0 amide bonds. The number of carboxylic acid groups (broad SMARTS) is 1. The number of ether oxygens (including phenoxy) is 1. The number of halogens is 3. The lowest BCUT2D eigenvalue weighted by Gasteiger charge is -2.22. The lowest BCUT2D eigenvalue weighted by Crippen LogP contribution is -2.40. The summed E-state index contributed by atoms with van der Waals surface area (Å²) in [7, 11) is -4.48. The summed E-state index contributed by atoms with van der Waals surface area (Å²) in [5, 5.41) is 9.03. The van der Waals surface area contributed by atoms with Crippen molar-refractivity contribution in [2.45, 2.75) is 30.4 Å². The summed E-state index contributed by atoms with van der Waals surface area (Å²) in [6.07, 6.45) is 0.394. The van der Waals surface area contributed by atoms with Gasteiger partial charge in [0.05, 0.1) is 0 Å². The van der Waals surface area contributed by atoms with Crippen LogP contribution in [0.1, 0.15) is 12.8 Å². The first kappa shape index (κ1) is 16.6. The van der Waals surface area contributed by atoms with Gasteiger partial charge in [-0.1, -0.05) is 0 Å². The molecule has 10 heteroatoms. The fraction of sp³-hybridized carbons (Fsp3) is 0.417. The zero-order valence-electron chi connectivity index (χ0n) is 11.1. The number of carbonyl (C=O) groups is 1. The number of benzene rings is 1. The Hall–Kier alpha value is -1.81. The predicted molar refractivity (Wildman–Crippen MR) is 67.6 cm³/mol. The molecule has 1 aliphatic heterocycles. The van der Waals surface area contributed by atoms with Crippen LogP contribution in [0.2, 0.25) is 0 Å². The molecule has 0 radical (unpaired) electrons. The highest BCUT2D eigenvalue weighted by atomic mass is 32.2. The smallest absolute Gasteiger partial charge is 0.387 e. The van der Waals surface area contributed by atoms with Crippen LogP contribution in [-0.2, 0) is 14.8 Å². The van der Waals surface area contributed by atoms with Crippen molar-refractivity contribution in [2.24, 2.45) is 0 Å². The van der Waals surface area contributed by atoms with Crippen molar-refractivity contribution in [1.82, 2.24) is 4.31 Å². The minimum absolute atomic E-state index is 0.0922. The second-order valence-electron chi connectivity index (χ2n) is 4.58. The maximum atomic E-state index is 13.3. The van der Waals surface area contributed by atoms with Gasteiger partial charge in [-0.25, -0.2) is 12.8 Å². The minimum Gasteiger partial charge on any atom is -0.480 e. The molecule has 122 valence electrons. The van der Waals surface area contributed by atoms with E-state index in [2.05, 4.69) is 4.74 Å². The van der Waals surface area contributed by atoms with E-state index in [9.17, 15) is 26.4 Å². The third-order valence-electron chi connectivity index (χ3n) is 3.20. The van der Waals surface area contributed by atoms with Gasteiger partial charge < -0.3 is 9.84 Å². The van der Waals surface area contributed by atoms with Gasteiger partial charge in [-0.05, 0) is 31.0 Å². The fourth-order valence-electron chi connectivity index (χ4n) is 2.28. The highest BCUT2D eigenvalue weighted by Gasteiger charge is 2.41. The van der Waals surface area contributed by atoms with Gasteiger partial charge in [0.2, 0.25) is 10.0 Å². The largest absolute Gasteiger partial charge is 0.480 e. The minimum atomic E-state index is -4.48. The summed E-state index contributed by atoms with van der Waals surface area (Å²) in [5.41, 5.74) is 0. The van der Waals surface area contributed by atoms with Crippen molar-refractivity contribution in [3.63, 3.8) is 0 Å². The first-order valence-electron chi connectivity index (χ1n) is 6.22. The normalized spacial score (nSPS) is 19.5. The van der Waals surface area contributed by atoms with Crippen LogP contribution in [0.3, 0.4) is 0 Å². The maximum Gasteiger partial charge on any atom is 0.387 e. The van der Waals surface area contributed by atoms with Crippen LogP contribution < -0.4 is 4.74 Å². The third-order valence-corrected chi connectivity index (χ3v) is 5.13. The molecule has 1 atom stereocenters. The number of sulfonamides is 1. The second-order valence-corrected chi connectivity index (χ2v) is 6.44. The maximum absolute atomic E-state index is 13.3. The number of nitrogens with zero attached hydrogens (tertiary/aromatic N) is 1. The number of hydrogen-bond acceptors (Lipinski definition) is 4. The van der Waals surface area contributed by atoms with E-state index in [1.165, 1.54) is 0 Å². The van der Waals surface area contributed by atoms with Crippen LogP contribution in [0.4, 0.5) is 13.2 Å². The van der Waals surface area contributed by atoms with Gasteiger partial charge >= 0.3 is 12.6 Å². The first-order chi connectivity index (χ1) is 10.2. The highest BCUT2D eigenvalue weighted by Crippen LogP contribution is 2.33. The zero-order chi connectivity index (χ0) is 16.5. The molecule has 0 spiro atoms. The van der Waals surface area contributed by atoms with E-state index in [0.29, 0.717) is 16.8 Å². The van der Waals surface area contributed by atoms with E-state index in [-0.39, 0.29) is 13.0 Å². The van der Waals surface area contributed by atoms with Crippen molar-refractivity contribution in [1.29, 1.82) is 0 Å². The van der Waals surface area contributed by atoms with Gasteiger partial charge in [-0.2, -0.15) is 13.1 Å². The van der Waals surface area contributed by atoms with Crippen LogP contribution in [-0.4, -0.2) is 43.0 Å². The van der Waals surface area contributed by atoms with Crippen molar-refractivity contribution in [3.8, 4) is 5.75 Å². The van der Waals surface area contributed by atoms with Gasteiger partial charge in [0, 0.05) is 6.54 Å². The molecule has 0 aliphatic carbocycles. The third kappa shape index (κ3) is 3.17. The molecule has 0 aromatic heterocycles. The summed E-state index contributed by atoms with van der Waals surface area (Å²) in [5.74, 6) is -3.05. The van der Waals surface area contributed by atoms with Crippen LogP contribution in [0, 0.1) is 5.82 Å². The zero-order valence-corrected chi connectivity index (χ0v) is 11.9. The second kappa shape index (κ2) is 6.13. The fourth-order valence-corrected chi connectivity index (χ4v) is 4.06. The Morgan fingerprint density at radius 2 is 2.09 bits per heavy atom. The molecular weight excluding hydrogens is 327 g/mol. The first-order valence-corrected chi connectivity index (χ1v) is 7.66. The Balaban J connectivity index is 2.49. The molecule has 1 saturated heterocycles. The van der Waals surface area contributed by atoms with E-state index in [1.54, 1.807) is 0 Å². The van der Waals surface area contributed by atoms with Crippen LogP contribution in [0.15, 0.2) is 23.1 Å². The van der Waals surface area contributed by atoms with Crippen molar-refractivity contribution in [2.75, 3.05) is 6.54 Å². The molecule has 2 rings (SSSR count). The molecule has 1 fully saturated rings. The molecule has 1 heterocycles. The number of rotatable bonds is 5. The molecule has 1 aliphatic rings. The van der Waals surface area contributed by atoms with Gasteiger partial charge in [0.1, 0.15) is 22.5 Å². The quantitative estimate of drug-likeness (QED) is 0.882. The average Bonchev–Trinajstić information content (AvgIpc) is 2.90. The van der Waals surface area contributed by atoms with E-state index < -0.39 is 45.1 Å². The lowest BCUT2D eigenvalue weighted by molar-refractivity contribution is -0.140. The highest BCUT2D eigenvalue weighted by molar-refractivity contribution is 7.89. The standard InChI is InChI=1S/C12H12F3NO5S/c13-7-3-4-9(21-12(14)15)10(6-7)22(19,20)16-5-1-2-8(16)11(17)18/h3-4,6,8,12H,1-2,5H2,(H,17,18). The Morgan fingerprint density at radius 3 is 2.68 bits per heavy atom. The number of hydrogen-bond donors (Lipinski definition) is 1. The Bertz CT molecular complexity index is 679. The topological polar surface area (TPSA) is 83.9 Å². The monoisotopic (exact) mass is 339 g/mol. The number of carboxylic acids is 1. The molecule has 0 saturated carbocycles. The van der Waals surface area contributed by atoms with Crippen LogP contribution >= 0.6 is 0 Å². The van der Waals surface area contributed by atoms with E-state index in [0.717, 1.165) is 12.1 Å². The molecule has 6 nitrogen and oxygen atoms in total. The van der Waals surface area contributed by atoms with Crippen molar-refractivity contribution >= 4 is 16.0 Å². The van der Waals surface area contributed by atoms with Crippen molar-refractivity contribution in [3.05, 3.63) is 24.0 Å². The molecule has 22 heavy (non-hydrogen) atoms. The SMILES string of the molecule is O=C(O)C1CCCN1S(=O)(=O)c1cc(F)ccc1OC(F)F. The summed E-state index contributed by atoms with van der Waals surface area (Å²) in [6, 6.07) is 0.757. The Labute approximate surface area is 124 Å². The molecule has 1 unspecified atom stereocenters. The molecule has 0 bridgehead atoms. The molecule has 1 N–H and O–H groups in total. The van der Waals surface area contributed by atoms with Crippen LogP contribution in [0.5, 0.6) is 5.75 Å². The van der Waals surface area contributed by atoms with Crippen molar-refractivity contribution < 1.29 is 36.2 Å². The van der Waals surface area contributed by atoms with Gasteiger partial charge in [0.15, 0.2) is 0 Å². The van der Waals surface area contributed by atoms with Gasteiger partial charge in [-0.3, -0.25) is 4.79 Å². The van der Waals surface area contributed by atoms with Gasteiger partial charge in [-0.15, -0.1) is 0 Å². The summed E-state index contributed by atoms with van der Waals surface area (Å²) >= 11 is 0. The van der Waals surface area contributed by atoms with Gasteiger partial charge in [0.25, 0.3) is 0 Å². The Morgan fingerprint density at radius 1 is 1.41 bits per heavy atom. The predicted octanol–water partition coefficient (Wildman–Crippen LogP) is 1.66. The molecule has 1 aromatic rings. The summed E-state index contributed by atoms with van der Waals surface area (Å²) in [6.45, 7) is -3.39. The average molecular weight is 339 g/mol. The van der Waals surface area contributed by atoms with E-state index >= 15 is 0 Å². The lowest BCUT2D eigenvalue weighted by atomic mass is 10.2. The van der Waals surface area contributed by atoms with E-state index in [1.807, 2.05) is 0 Å². The number of aliphatic carboxylic acids is 1. The van der Waals surface area contributed by atoms with Crippen LogP contribution in [0.25, 0.3) is 0 Å².